The van der Waals surface area contributed by atoms with E-state index in [1.807, 2.05) is 24.3 Å². The number of hydrogen-bond acceptors (Lipinski definition) is 5. The summed E-state index contributed by atoms with van der Waals surface area (Å²) in [5.74, 6) is 2.34. The van der Waals surface area contributed by atoms with E-state index in [9.17, 15) is 18.0 Å². The molecule has 6 rings (SSSR count). The number of hydrogen-bond donors (Lipinski definition) is 1. The van der Waals surface area contributed by atoms with Crippen molar-refractivity contribution in [3.8, 4) is 5.75 Å². The van der Waals surface area contributed by atoms with E-state index < -0.39 is 28.5 Å². The second-order valence-electron chi connectivity index (χ2n) is 12.2. The lowest BCUT2D eigenvalue weighted by molar-refractivity contribution is -0.139. The number of ether oxygens (including phenoxy) is 1. The van der Waals surface area contributed by atoms with Crippen LogP contribution < -0.4 is 14.4 Å². The number of carbonyl (C=O) groups excluding carboxylic acids is 2. The van der Waals surface area contributed by atoms with Crippen molar-refractivity contribution in [3.05, 3.63) is 59.7 Å². The minimum absolute atomic E-state index is 0.153. The van der Waals surface area contributed by atoms with E-state index >= 15 is 0 Å². The van der Waals surface area contributed by atoms with Crippen molar-refractivity contribution in [1.82, 2.24) is 10.2 Å². The van der Waals surface area contributed by atoms with Crippen molar-refractivity contribution < 1.29 is 22.7 Å². The third-order valence-corrected chi connectivity index (χ3v) is 10.6. The number of anilines is 1. The molecule has 216 valence electrons. The zero-order valence-electron chi connectivity index (χ0n) is 23.9. The van der Waals surface area contributed by atoms with Crippen molar-refractivity contribution in [2.24, 2.45) is 17.8 Å². The van der Waals surface area contributed by atoms with E-state index in [2.05, 4.69) is 17.4 Å². The third kappa shape index (κ3) is 5.71. The molecule has 4 bridgehead atoms. The number of nitrogens with zero attached hydrogens (tertiary/aromatic N) is 2. The Morgan fingerprint density at radius 2 is 1.52 bits per heavy atom. The molecule has 1 N–H and O–H groups in total. The van der Waals surface area contributed by atoms with Gasteiger partial charge in [0.15, 0.2) is 0 Å². The van der Waals surface area contributed by atoms with E-state index in [1.165, 1.54) is 56.0 Å². The second-order valence-corrected chi connectivity index (χ2v) is 14.1. The van der Waals surface area contributed by atoms with Crippen LogP contribution in [0.5, 0.6) is 5.75 Å². The van der Waals surface area contributed by atoms with Gasteiger partial charge in [-0.15, -0.1) is 0 Å². The molecule has 2 aromatic carbocycles. The summed E-state index contributed by atoms with van der Waals surface area (Å²) in [6.07, 6.45) is 8.89. The van der Waals surface area contributed by atoms with Gasteiger partial charge in [0.05, 0.1) is 19.1 Å². The van der Waals surface area contributed by atoms with E-state index in [4.69, 9.17) is 4.74 Å². The molecule has 1 atom stereocenters. The zero-order valence-corrected chi connectivity index (χ0v) is 24.7. The molecule has 2 aromatic rings. The first-order chi connectivity index (χ1) is 19.0. The Hall–Kier alpha value is -3.07. The lowest BCUT2D eigenvalue weighted by Crippen LogP contribution is -2.50. The zero-order chi connectivity index (χ0) is 28.7. The number of amides is 2. The summed E-state index contributed by atoms with van der Waals surface area (Å²) in [4.78, 5) is 27.6. The van der Waals surface area contributed by atoms with Crippen LogP contribution in [0.15, 0.2) is 48.5 Å². The van der Waals surface area contributed by atoms with Gasteiger partial charge < -0.3 is 15.0 Å². The number of methoxy groups -OCH3 is 1. The highest BCUT2D eigenvalue weighted by atomic mass is 32.2. The molecule has 0 saturated heterocycles. The van der Waals surface area contributed by atoms with Crippen LogP contribution >= 0.6 is 0 Å². The summed E-state index contributed by atoms with van der Waals surface area (Å²) in [7, 11) is -0.675. The Bertz CT molecular complexity index is 1300. The molecule has 0 unspecified atom stereocenters. The van der Waals surface area contributed by atoms with Crippen molar-refractivity contribution in [3.63, 3.8) is 0 Å². The maximum Gasteiger partial charge on any atom is 0.244 e. The number of carbonyl (C=O) groups is 2. The molecule has 0 heterocycles. The normalized spacial score (nSPS) is 25.8. The van der Waals surface area contributed by atoms with Gasteiger partial charge in [0.1, 0.15) is 18.3 Å². The summed E-state index contributed by atoms with van der Waals surface area (Å²) in [5.41, 5.74) is 2.76. The summed E-state index contributed by atoms with van der Waals surface area (Å²) in [6, 6.07) is 14.3. The van der Waals surface area contributed by atoms with Crippen molar-refractivity contribution >= 4 is 27.5 Å². The molecule has 4 aliphatic rings. The van der Waals surface area contributed by atoms with Crippen LogP contribution in [-0.4, -0.2) is 58.1 Å². The molecule has 9 heteroatoms. The van der Waals surface area contributed by atoms with Gasteiger partial charge in [0.25, 0.3) is 0 Å². The highest BCUT2D eigenvalue weighted by Gasteiger charge is 2.51. The van der Waals surface area contributed by atoms with E-state index in [1.54, 1.807) is 26.2 Å². The van der Waals surface area contributed by atoms with Gasteiger partial charge in [-0.3, -0.25) is 13.9 Å². The quantitative estimate of drug-likeness (QED) is 0.467. The molecule has 4 aliphatic carbocycles. The molecular formula is C31H41N3O5S. The Labute approximate surface area is 238 Å². The Morgan fingerprint density at radius 1 is 0.975 bits per heavy atom. The molecule has 0 aliphatic heterocycles. The Kier molecular flexibility index (Phi) is 7.88. The maximum atomic E-state index is 13.7. The predicted molar refractivity (Wildman–Crippen MR) is 156 cm³/mol. The number of sulfonamides is 1. The van der Waals surface area contributed by atoms with Crippen LogP contribution in [0.25, 0.3) is 0 Å². The SMILES string of the molecule is CNC(=O)[C@@H](C)N(Cc1ccc(OC)cc1)C(=O)CN(c1ccc(C23CC4CC(CC(C4)C2)C3)cc1)S(C)(=O)=O. The average molecular weight is 568 g/mol. The van der Waals surface area contributed by atoms with Crippen molar-refractivity contribution in [1.29, 1.82) is 0 Å². The fourth-order valence-corrected chi connectivity index (χ4v) is 8.63. The first-order valence-electron chi connectivity index (χ1n) is 14.2. The van der Waals surface area contributed by atoms with E-state index in [-0.39, 0.29) is 17.9 Å². The fraction of sp³-hybridized carbons (Fsp3) is 0.548. The first-order valence-corrected chi connectivity index (χ1v) is 16.1. The Balaban J connectivity index is 1.38. The molecule has 40 heavy (non-hydrogen) atoms. The van der Waals surface area contributed by atoms with Crippen LogP contribution in [0, 0.1) is 17.8 Å². The van der Waals surface area contributed by atoms with Crippen molar-refractivity contribution in [2.75, 3.05) is 31.3 Å². The molecule has 8 nitrogen and oxygen atoms in total. The number of benzene rings is 2. The van der Waals surface area contributed by atoms with Crippen molar-refractivity contribution in [2.45, 2.75) is 63.5 Å². The third-order valence-electron chi connectivity index (χ3n) is 9.41. The monoisotopic (exact) mass is 567 g/mol. The highest BCUT2D eigenvalue weighted by Crippen LogP contribution is 2.60. The minimum Gasteiger partial charge on any atom is -0.497 e. The number of likely N-dealkylation sites (N-methyl/N-ethyl adjacent to an activating group) is 1. The minimum atomic E-state index is -3.77. The second kappa shape index (κ2) is 11.1. The van der Waals surface area contributed by atoms with Crippen LogP contribution in [0.4, 0.5) is 5.69 Å². The van der Waals surface area contributed by atoms with Gasteiger partial charge in [0.2, 0.25) is 21.8 Å². The van der Waals surface area contributed by atoms with Gasteiger partial charge in [-0.1, -0.05) is 24.3 Å². The van der Waals surface area contributed by atoms with Gasteiger partial charge in [-0.05, 0) is 104 Å². The molecule has 2 amide bonds. The average Bonchev–Trinajstić information content (AvgIpc) is 2.92. The highest BCUT2D eigenvalue weighted by molar-refractivity contribution is 7.92. The predicted octanol–water partition coefficient (Wildman–Crippen LogP) is 4.09. The van der Waals surface area contributed by atoms with Gasteiger partial charge in [-0.25, -0.2) is 8.42 Å². The topological polar surface area (TPSA) is 96.0 Å². The largest absolute Gasteiger partial charge is 0.497 e. The number of rotatable bonds is 10. The molecule has 0 aromatic heterocycles. The lowest BCUT2D eigenvalue weighted by atomic mass is 9.48. The van der Waals surface area contributed by atoms with Crippen LogP contribution in [0.2, 0.25) is 0 Å². The lowest BCUT2D eigenvalue weighted by Gasteiger charge is -2.57. The standard InChI is InChI=1S/C31H41N3O5S/c1-21(30(36)32-2)33(19-22-5-11-28(39-3)12-6-22)29(35)20-34(40(4,37)38)27-9-7-26(8-10-27)31-16-23-13-24(17-31)15-25(14-23)18-31/h5-12,21,23-25H,13-20H2,1-4H3,(H,32,36)/t21-,23?,24?,25?,31?/m1/s1. The summed E-state index contributed by atoms with van der Waals surface area (Å²) in [6.45, 7) is 1.40. The van der Waals surface area contributed by atoms with Crippen LogP contribution in [-0.2, 0) is 31.6 Å². The summed E-state index contributed by atoms with van der Waals surface area (Å²) < 4.78 is 32.3. The summed E-state index contributed by atoms with van der Waals surface area (Å²) in [5, 5.41) is 2.60. The fourth-order valence-electron chi connectivity index (χ4n) is 7.78. The van der Waals surface area contributed by atoms with Gasteiger partial charge in [0, 0.05) is 13.6 Å². The molecule has 0 radical (unpaired) electrons. The van der Waals surface area contributed by atoms with Gasteiger partial charge in [-0.2, -0.15) is 0 Å². The van der Waals surface area contributed by atoms with Crippen LogP contribution in [0.3, 0.4) is 0 Å². The van der Waals surface area contributed by atoms with Gasteiger partial charge >= 0.3 is 0 Å². The molecule has 0 spiro atoms. The Morgan fingerprint density at radius 3 is 2.00 bits per heavy atom. The molecule has 4 saturated carbocycles. The smallest absolute Gasteiger partial charge is 0.244 e. The summed E-state index contributed by atoms with van der Waals surface area (Å²) >= 11 is 0. The maximum absolute atomic E-state index is 13.7. The van der Waals surface area contributed by atoms with Crippen LogP contribution in [0.1, 0.15) is 56.6 Å². The first kappa shape index (κ1) is 28.5. The van der Waals surface area contributed by atoms with E-state index in [0.717, 1.165) is 33.9 Å². The number of nitrogens with one attached hydrogen (secondary N) is 1. The molecule has 4 fully saturated rings. The van der Waals surface area contributed by atoms with E-state index in [0.29, 0.717) is 11.4 Å². The molecular weight excluding hydrogens is 526 g/mol.